The molecule has 3 aromatic heterocycles. The van der Waals surface area contributed by atoms with Crippen molar-refractivity contribution in [2.24, 2.45) is 5.73 Å². The Hall–Kier alpha value is -3.97. The van der Waals surface area contributed by atoms with Gasteiger partial charge in [-0.1, -0.05) is 29.3 Å². The molecular formula is C20H16Cl2F2N8O3. The molecule has 0 unspecified atom stereocenters. The van der Waals surface area contributed by atoms with Crippen LogP contribution in [0.4, 0.5) is 20.4 Å². The van der Waals surface area contributed by atoms with Gasteiger partial charge in [0.2, 0.25) is 11.8 Å². The highest BCUT2D eigenvalue weighted by molar-refractivity contribution is 6.39. The van der Waals surface area contributed by atoms with Crippen LogP contribution in [-0.4, -0.2) is 50.0 Å². The first-order chi connectivity index (χ1) is 16.7. The van der Waals surface area contributed by atoms with Gasteiger partial charge < -0.3 is 26.1 Å². The van der Waals surface area contributed by atoms with Crippen molar-refractivity contribution in [1.82, 2.24) is 30.5 Å². The Bertz CT molecular complexity index is 1400. The molecule has 0 saturated heterocycles. The number of aromatic amines is 2. The van der Waals surface area contributed by atoms with Gasteiger partial charge in [0.25, 0.3) is 18.2 Å². The van der Waals surface area contributed by atoms with Gasteiger partial charge in [0.15, 0.2) is 12.3 Å². The maximum absolute atomic E-state index is 12.5. The van der Waals surface area contributed by atoms with Crippen LogP contribution < -0.4 is 21.1 Å². The molecule has 0 spiro atoms. The first-order valence-corrected chi connectivity index (χ1v) is 10.6. The van der Waals surface area contributed by atoms with Gasteiger partial charge in [-0.3, -0.25) is 14.7 Å². The van der Waals surface area contributed by atoms with Crippen LogP contribution in [0.5, 0.6) is 5.88 Å². The van der Waals surface area contributed by atoms with E-state index < -0.39 is 18.9 Å². The number of ether oxygens (including phenoxy) is 1. The van der Waals surface area contributed by atoms with Gasteiger partial charge in [0.05, 0.1) is 21.2 Å². The SMILES string of the molecule is NC(=O)c1cc2[nH]c(Nc3c(Cl)ccc(CNC(=O)c4ccn[nH]4)c3Cl)nc2nc1OCC(F)F. The van der Waals surface area contributed by atoms with Gasteiger partial charge in [-0.2, -0.15) is 15.1 Å². The van der Waals surface area contributed by atoms with Crippen molar-refractivity contribution in [3.05, 3.63) is 57.3 Å². The van der Waals surface area contributed by atoms with Gasteiger partial charge in [-0.25, -0.2) is 8.78 Å². The number of pyridine rings is 1. The van der Waals surface area contributed by atoms with Crippen LogP contribution in [0.3, 0.4) is 0 Å². The average Bonchev–Trinajstić information content (AvgIpc) is 3.48. The first-order valence-electron chi connectivity index (χ1n) is 9.86. The number of H-pyrrole nitrogens is 2. The standard InChI is InChI=1S/C20H16Cl2F2N8O3/c21-10-2-1-8(6-26-18(34)11-3-4-27-32-11)14(22)15(10)29-20-28-12-5-9(16(25)33)19(30-17(12)31-20)35-7-13(23)24/h1-5,13H,6-7H2,(H2,25,33)(H,26,34)(H,27,32)(H2,28,29,30,31). The Kier molecular flexibility index (Phi) is 6.98. The number of halogens is 4. The number of amides is 2. The summed E-state index contributed by atoms with van der Waals surface area (Å²) in [6.45, 7) is -0.875. The molecule has 3 heterocycles. The monoisotopic (exact) mass is 524 g/mol. The molecule has 0 radical (unpaired) electrons. The molecule has 15 heteroatoms. The summed E-state index contributed by atoms with van der Waals surface area (Å²) < 4.78 is 30.0. The van der Waals surface area contributed by atoms with Crippen molar-refractivity contribution in [1.29, 1.82) is 0 Å². The van der Waals surface area contributed by atoms with E-state index in [2.05, 4.69) is 35.8 Å². The number of anilines is 2. The number of nitrogens with two attached hydrogens (primary N) is 1. The first kappa shape index (κ1) is 24.2. The molecule has 0 atom stereocenters. The number of imidazole rings is 1. The van der Waals surface area contributed by atoms with Crippen molar-refractivity contribution in [3.63, 3.8) is 0 Å². The van der Waals surface area contributed by atoms with Crippen molar-refractivity contribution in [3.8, 4) is 5.88 Å². The summed E-state index contributed by atoms with van der Waals surface area (Å²) in [4.78, 5) is 35.0. The van der Waals surface area contributed by atoms with E-state index in [4.69, 9.17) is 33.7 Å². The van der Waals surface area contributed by atoms with Crippen LogP contribution in [-0.2, 0) is 6.54 Å². The summed E-state index contributed by atoms with van der Waals surface area (Å²) in [6.07, 6.45) is -1.32. The number of nitrogens with one attached hydrogen (secondary N) is 4. The molecule has 4 aromatic rings. The second kappa shape index (κ2) is 10.1. The van der Waals surface area contributed by atoms with Crippen molar-refractivity contribution >= 4 is 57.8 Å². The Labute approximate surface area is 205 Å². The molecule has 0 bridgehead atoms. The molecule has 0 aliphatic heterocycles. The molecule has 4 rings (SSSR count). The average molecular weight is 525 g/mol. The second-order valence-electron chi connectivity index (χ2n) is 7.04. The predicted molar refractivity (Wildman–Crippen MR) is 123 cm³/mol. The molecule has 1 aromatic carbocycles. The normalized spacial score (nSPS) is 11.1. The number of benzene rings is 1. The lowest BCUT2D eigenvalue weighted by Crippen LogP contribution is -2.23. The predicted octanol–water partition coefficient (Wildman–Crippen LogP) is 3.40. The molecule has 0 aliphatic carbocycles. The minimum atomic E-state index is -2.77. The van der Waals surface area contributed by atoms with Crippen LogP contribution in [0.15, 0.2) is 30.5 Å². The number of fused-ring (bicyclic) bond motifs is 1. The lowest BCUT2D eigenvalue weighted by atomic mass is 10.2. The number of rotatable bonds is 9. The van der Waals surface area contributed by atoms with Gasteiger partial charge >= 0.3 is 0 Å². The zero-order valence-electron chi connectivity index (χ0n) is 17.5. The van der Waals surface area contributed by atoms with Gasteiger partial charge in [-0.05, 0) is 23.8 Å². The van der Waals surface area contributed by atoms with E-state index in [0.717, 1.165) is 0 Å². The third kappa shape index (κ3) is 5.41. The molecule has 182 valence electrons. The van der Waals surface area contributed by atoms with Crippen molar-refractivity contribution in [2.45, 2.75) is 13.0 Å². The highest BCUT2D eigenvalue weighted by Gasteiger charge is 2.19. The summed E-state index contributed by atoms with van der Waals surface area (Å²) in [5.41, 5.74) is 6.59. The maximum Gasteiger partial charge on any atom is 0.272 e. The summed E-state index contributed by atoms with van der Waals surface area (Å²) in [5, 5.41) is 12.4. The molecule has 35 heavy (non-hydrogen) atoms. The Balaban J connectivity index is 1.58. The molecule has 0 saturated carbocycles. The molecule has 6 N–H and O–H groups in total. The smallest absolute Gasteiger partial charge is 0.272 e. The largest absolute Gasteiger partial charge is 0.471 e. The number of hydrogen-bond acceptors (Lipinski definition) is 7. The van der Waals surface area contributed by atoms with Crippen LogP contribution in [0, 0.1) is 0 Å². The van der Waals surface area contributed by atoms with E-state index >= 15 is 0 Å². The van der Waals surface area contributed by atoms with Crippen LogP contribution in [0.1, 0.15) is 26.4 Å². The number of alkyl halides is 2. The minimum absolute atomic E-state index is 0.0667. The van der Waals surface area contributed by atoms with Crippen LogP contribution in [0.25, 0.3) is 11.2 Å². The number of hydrogen-bond donors (Lipinski definition) is 5. The number of carbonyl (C=O) groups excluding carboxylic acids is 2. The third-order valence-corrected chi connectivity index (χ3v) is 5.40. The topological polar surface area (TPSA) is 164 Å². The zero-order chi connectivity index (χ0) is 25.1. The van der Waals surface area contributed by atoms with Gasteiger partial charge in [0.1, 0.15) is 11.3 Å². The van der Waals surface area contributed by atoms with E-state index in [1.807, 2.05) is 0 Å². The third-order valence-electron chi connectivity index (χ3n) is 4.65. The quantitative estimate of drug-likeness (QED) is 0.224. The second-order valence-corrected chi connectivity index (χ2v) is 7.82. The molecule has 0 aliphatic rings. The number of nitrogens with zero attached hydrogens (tertiary/aromatic N) is 3. The number of carbonyl (C=O) groups is 2. The lowest BCUT2D eigenvalue weighted by molar-refractivity contribution is 0.0780. The van der Waals surface area contributed by atoms with Gasteiger partial charge in [0, 0.05) is 12.7 Å². The van der Waals surface area contributed by atoms with E-state index in [0.29, 0.717) is 5.56 Å². The summed E-state index contributed by atoms with van der Waals surface area (Å²) in [6, 6.07) is 6.04. The number of aromatic nitrogens is 5. The Morgan fingerprint density at radius 2 is 2.00 bits per heavy atom. The fourth-order valence-corrected chi connectivity index (χ4v) is 3.56. The fraction of sp³-hybridized carbons (Fsp3) is 0.150. The zero-order valence-corrected chi connectivity index (χ0v) is 19.0. The maximum atomic E-state index is 12.5. The summed E-state index contributed by atoms with van der Waals surface area (Å²) in [7, 11) is 0. The highest BCUT2D eigenvalue weighted by Crippen LogP contribution is 2.35. The van der Waals surface area contributed by atoms with Crippen molar-refractivity contribution in [2.75, 3.05) is 11.9 Å². The summed E-state index contributed by atoms with van der Waals surface area (Å²) in [5.74, 6) is -1.52. The van der Waals surface area contributed by atoms with E-state index in [-0.39, 0.29) is 62.4 Å². The Morgan fingerprint density at radius 3 is 2.69 bits per heavy atom. The molecular weight excluding hydrogens is 509 g/mol. The van der Waals surface area contributed by atoms with Crippen LogP contribution >= 0.6 is 23.2 Å². The van der Waals surface area contributed by atoms with Gasteiger partial charge in [-0.15, -0.1) is 0 Å². The van der Waals surface area contributed by atoms with E-state index in [1.165, 1.54) is 18.3 Å². The summed E-state index contributed by atoms with van der Waals surface area (Å²) >= 11 is 12.8. The van der Waals surface area contributed by atoms with Crippen LogP contribution in [0.2, 0.25) is 10.0 Å². The molecule has 11 nitrogen and oxygen atoms in total. The molecule has 2 amide bonds. The minimum Gasteiger partial charge on any atom is -0.471 e. The Morgan fingerprint density at radius 1 is 1.20 bits per heavy atom. The van der Waals surface area contributed by atoms with E-state index in [1.54, 1.807) is 12.1 Å². The van der Waals surface area contributed by atoms with E-state index in [9.17, 15) is 18.4 Å². The fourth-order valence-electron chi connectivity index (χ4n) is 3.03. The molecule has 0 fully saturated rings. The highest BCUT2D eigenvalue weighted by atomic mass is 35.5. The van der Waals surface area contributed by atoms with Crippen molar-refractivity contribution < 1.29 is 23.1 Å². The number of primary amides is 1. The lowest BCUT2D eigenvalue weighted by Gasteiger charge is -2.13.